The molecular weight excluding hydrogens is 517 g/mol. The Kier molecular flexibility index (Phi) is 14.6. The van der Waals surface area contributed by atoms with E-state index in [9.17, 15) is 24.2 Å². The maximum absolute atomic E-state index is 14.5. The molecule has 0 spiro atoms. The molecule has 1 aromatic rings. The normalized spacial score (nSPS) is 23.2. The molecule has 1 saturated heterocycles. The van der Waals surface area contributed by atoms with Gasteiger partial charge < -0.3 is 19.7 Å². The summed E-state index contributed by atoms with van der Waals surface area (Å²) in [5.74, 6) is 1.15. The maximum atomic E-state index is 14.5. The van der Waals surface area contributed by atoms with Crippen molar-refractivity contribution in [1.29, 1.82) is 0 Å². The molecule has 10 heteroatoms. The van der Waals surface area contributed by atoms with Crippen LogP contribution in [-0.4, -0.2) is 50.8 Å². The number of halogens is 1. The fourth-order valence-electron chi connectivity index (χ4n) is 5.20. The van der Waals surface area contributed by atoms with E-state index in [-0.39, 0.29) is 6.61 Å². The van der Waals surface area contributed by atoms with Crippen LogP contribution in [0.2, 0.25) is 0 Å². The first-order valence-corrected chi connectivity index (χ1v) is 15.1. The van der Waals surface area contributed by atoms with Gasteiger partial charge in [0, 0.05) is 0 Å². The lowest BCUT2D eigenvalue weighted by molar-refractivity contribution is -0.0355. The van der Waals surface area contributed by atoms with Gasteiger partial charge in [-0.05, 0) is 37.0 Å². The molecule has 230 valence electrons. The molecule has 40 heavy (non-hydrogen) atoms. The fourth-order valence-corrected chi connectivity index (χ4v) is 5.20. The van der Waals surface area contributed by atoms with Gasteiger partial charge in [-0.25, -0.2) is 14.0 Å². The van der Waals surface area contributed by atoms with Crippen molar-refractivity contribution in [1.82, 2.24) is 9.55 Å². The highest BCUT2D eigenvalue weighted by molar-refractivity contribution is 5.83. The molecule has 2 rings (SSSR count). The summed E-state index contributed by atoms with van der Waals surface area (Å²) in [6.45, 7) is 13.1. The van der Waals surface area contributed by atoms with Crippen molar-refractivity contribution in [2.75, 3.05) is 11.9 Å². The van der Waals surface area contributed by atoms with E-state index >= 15 is 0 Å². The van der Waals surface area contributed by atoms with Crippen molar-refractivity contribution in [2.24, 2.45) is 23.7 Å². The van der Waals surface area contributed by atoms with Gasteiger partial charge in [-0.1, -0.05) is 92.4 Å². The first-order valence-electron chi connectivity index (χ1n) is 15.1. The third-order valence-corrected chi connectivity index (χ3v) is 7.99. The van der Waals surface area contributed by atoms with E-state index in [1.807, 2.05) is 0 Å². The lowest BCUT2D eigenvalue weighted by Crippen LogP contribution is -2.36. The fraction of sp³-hybridized carbons (Fsp3) is 0.833. The minimum atomic E-state index is -1.42. The van der Waals surface area contributed by atoms with Crippen LogP contribution in [-0.2, 0) is 9.47 Å². The third-order valence-electron chi connectivity index (χ3n) is 7.99. The molecule has 9 nitrogen and oxygen atoms in total. The maximum Gasteiger partial charge on any atom is 0.412 e. The van der Waals surface area contributed by atoms with Crippen molar-refractivity contribution in [3.05, 3.63) is 22.5 Å². The number of ether oxygens (including phenoxy) is 2. The molecule has 1 aliphatic rings. The van der Waals surface area contributed by atoms with E-state index in [4.69, 9.17) is 9.47 Å². The highest BCUT2D eigenvalue weighted by Gasteiger charge is 2.42. The number of hydrogen-bond acceptors (Lipinski definition) is 7. The molecule has 1 aromatic heterocycles. The van der Waals surface area contributed by atoms with Crippen molar-refractivity contribution in [3.8, 4) is 0 Å². The number of hydrogen-bond donors (Lipinski definition) is 3. The molecule has 1 aliphatic heterocycles. The van der Waals surface area contributed by atoms with E-state index < -0.39 is 48.0 Å². The zero-order chi connectivity index (χ0) is 29.8. The molecule has 0 saturated carbocycles. The van der Waals surface area contributed by atoms with Crippen LogP contribution in [0.5, 0.6) is 0 Å². The van der Waals surface area contributed by atoms with Crippen LogP contribution in [0, 0.1) is 29.5 Å². The summed E-state index contributed by atoms with van der Waals surface area (Å²) in [5, 5.41) is 22.0. The van der Waals surface area contributed by atoms with Gasteiger partial charge in [0.05, 0.1) is 18.9 Å². The van der Waals surface area contributed by atoms with Crippen LogP contribution < -0.4 is 11.0 Å². The summed E-state index contributed by atoms with van der Waals surface area (Å²) in [6, 6.07) is 0. The van der Waals surface area contributed by atoms with E-state index in [1.54, 1.807) is 0 Å². The monoisotopic (exact) mass is 569 g/mol. The Hall–Kier alpha value is -2.04. The summed E-state index contributed by atoms with van der Waals surface area (Å²) in [4.78, 5) is 28.0. The van der Waals surface area contributed by atoms with Crippen LogP contribution in [0.3, 0.4) is 0 Å². The number of nitrogens with one attached hydrogen (secondary N) is 1. The number of aliphatic hydroxyl groups is 2. The second-order valence-corrected chi connectivity index (χ2v) is 12.4. The summed E-state index contributed by atoms with van der Waals surface area (Å²) >= 11 is 0. The Morgan fingerprint density at radius 2 is 1.50 bits per heavy atom. The Labute approximate surface area is 238 Å². The zero-order valence-corrected chi connectivity index (χ0v) is 25.3. The molecule has 2 heterocycles. The van der Waals surface area contributed by atoms with E-state index in [2.05, 4.69) is 44.9 Å². The Bertz CT molecular complexity index is 958. The molecular formula is C30H52FN3O6. The van der Waals surface area contributed by atoms with E-state index in [0.717, 1.165) is 35.4 Å². The van der Waals surface area contributed by atoms with Gasteiger partial charge in [-0.15, -0.1) is 0 Å². The lowest BCUT2D eigenvalue weighted by atomic mass is 9.91. The average molecular weight is 570 g/mol. The number of aromatic nitrogens is 2. The topological polar surface area (TPSA) is 123 Å². The quantitative estimate of drug-likeness (QED) is 0.209. The molecule has 0 bridgehead atoms. The zero-order valence-electron chi connectivity index (χ0n) is 25.3. The first kappa shape index (κ1) is 34.2. The average Bonchev–Trinajstić information content (AvgIpc) is 3.12. The molecule has 0 radical (unpaired) electrons. The van der Waals surface area contributed by atoms with Crippen molar-refractivity contribution >= 4 is 11.9 Å². The summed E-state index contributed by atoms with van der Waals surface area (Å²) in [6.07, 6.45) is 7.20. The van der Waals surface area contributed by atoms with Gasteiger partial charge in [0.15, 0.2) is 17.9 Å². The van der Waals surface area contributed by atoms with E-state index in [0.29, 0.717) is 18.3 Å². The number of rotatable bonds is 17. The first-order chi connectivity index (χ1) is 18.9. The van der Waals surface area contributed by atoms with Crippen molar-refractivity contribution < 1.29 is 28.9 Å². The number of carbonyl (C=O) groups excluding carboxylic acids is 1. The largest absolute Gasteiger partial charge is 0.449 e. The smallest absolute Gasteiger partial charge is 0.412 e. The van der Waals surface area contributed by atoms with Crippen LogP contribution in [0.25, 0.3) is 0 Å². The number of nitrogens with zero attached hydrogens (tertiary/aromatic N) is 2. The second-order valence-electron chi connectivity index (χ2n) is 12.4. The predicted octanol–water partition coefficient (Wildman–Crippen LogP) is 6.04. The van der Waals surface area contributed by atoms with Gasteiger partial charge >= 0.3 is 11.8 Å². The standard InChI is InChI=1S/C30H52FN3O6/c1-19(2)10-7-11-20(3)12-8-13-21(4)14-9-15-22(5)16-17-39-30(38)33-27-24(31)18-34(29(37)32-27)28-26(36)25(35)23(6)40-28/h18-23,25-26,28,35-36H,7-17H2,1-6H3,(H,32,33,37,38)/t20?,21?,22?,23-,25-,26-,28-/m1/s1. The van der Waals surface area contributed by atoms with Crippen molar-refractivity contribution in [2.45, 2.75) is 130 Å². The number of carbonyl (C=O) groups is 1. The van der Waals surface area contributed by atoms with Gasteiger partial charge in [-0.3, -0.25) is 9.88 Å². The molecule has 0 aromatic carbocycles. The summed E-state index contributed by atoms with van der Waals surface area (Å²) in [5.41, 5.74) is -0.943. The molecule has 3 unspecified atom stereocenters. The number of amides is 1. The van der Waals surface area contributed by atoms with E-state index in [1.165, 1.54) is 51.9 Å². The van der Waals surface area contributed by atoms with Gasteiger partial charge in [0.1, 0.15) is 12.2 Å². The highest BCUT2D eigenvalue weighted by atomic mass is 19.1. The molecule has 3 N–H and O–H groups in total. The highest BCUT2D eigenvalue weighted by Crippen LogP contribution is 2.28. The Balaban J connectivity index is 1.62. The Morgan fingerprint density at radius 3 is 2.00 bits per heavy atom. The lowest BCUT2D eigenvalue weighted by Gasteiger charge is -2.18. The second kappa shape index (κ2) is 17.0. The van der Waals surface area contributed by atoms with Crippen LogP contribution in [0.4, 0.5) is 15.0 Å². The van der Waals surface area contributed by atoms with Crippen molar-refractivity contribution in [3.63, 3.8) is 0 Å². The Morgan fingerprint density at radius 1 is 0.975 bits per heavy atom. The number of anilines is 1. The minimum absolute atomic E-state index is 0.174. The van der Waals surface area contributed by atoms with Gasteiger partial charge in [-0.2, -0.15) is 4.98 Å². The van der Waals surface area contributed by atoms with Gasteiger partial charge in [0.25, 0.3) is 0 Å². The summed E-state index contributed by atoms with van der Waals surface area (Å²) < 4.78 is 25.8. The SMILES string of the molecule is CC(C)CCCC(C)CCCC(C)CCCC(C)CCOC(=O)Nc1nc(=O)n([C@@H]2O[C@H](C)[C@@H](O)[C@H]2O)cc1F. The molecule has 1 amide bonds. The van der Waals surface area contributed by atoms with Gasteiger partial charge in [0.2, 0.25) is 0 Å². The molecule has 1 fully saturated rings. The van der Waals surface area contributed by atoms with Crippen LogP contribution in [0.15, 0.2) is 11.0 Å². The minimum Gasteiger partial charge on any atom is -0.449 e. The number of aliphatic hydroxyl groups excluding tert-OH is 2. The third kappa shape index (κ3) is 11.4. The van der Waals surface area contributed by atoms with Crippen LogP contribution >= 0.6 is 0 Å². The molecule has 0 aliphatic carbocycles. The predicted molar refractivity (Wildman–Crippen MR) is 154 cm³/mol. The molecule has 7 atom stereocenters. The van der Waals surface area contributed by atoms with Crippen LogP contribution in [0.1, 0.15) is 112 Å². The summed E-state index contributed by atoms with van der Waals surface area (Å²) in [7, 11) is 0.